The maximum Gasteiger partial charge on any atom is 0.243 e. The number of hydrogen-bond donors (Lipinski definition) is 2. The molecule has 0 radical (unpaired) electrons. The van der Waals surface area contributed by atoms with Crippen molar-refractivity contribution in [2.45, 2.75) is 44.0 Å². The van der Waals surface area contributed by atoms with Crippen LogP contribution in [0.4, 0.5) is 0 Å². The number of hydrogen-bond acceptors (Lipinski definition) is 4. The largest absolute Gasteiger partial charge is 0.330 e. The van der Waals surface area contributed by atoms with E-state index < -0.39 is 10.0 Å². The molecule has 0 unspecified atom stereocenters. The molecule has 0 spiro atoms. The number of sulfonamides is 1. The van der Waals surface area contributed by atoms with Gasteiger partial charge in [0.25, 0.3) is 0 Å². The lowest BCUT2D eigenvalue weighted by Crippen LogP contribution is -2.32. The van der Waals surface area contributed by atoms with E-state index >= 15 is 0 Å². The number of fused-ring (bicyclic) bond motifs is 2. The summed E-state index contributed by atoms with van der Waals surface area (Å²) >= 11 is 0. The molecule has 0 heterocycles. The lowest BCUT2D eigenvalue weighted by Gasteiger charge is -2.24. The predicted molar refractivity (Wildman–Crippen MR) is 151 cm³/mol. The van der Waals surface area contributed by atoms with E-state index in [9.17, 15) is 8.42 Å². The number of rotatable bonds is 13. The van der Waals surface area contributed by atoms with Gasteiger partial charge in [0.15, 0.2) is 0 Å². The van der Waals surface area contributed by atoms with Crippen LogP contribution in [-0.2, 0) is 16.6 Å². The second kappa shape index (κ2) is 12.5. The van der Waals surface area contributed by atoms with E-state index in [4.69, 9.17) is 5.73 Å². The molecule has 0 aliphatic rings. The van der Waals surface area contributed by atoms with E-state index in [1.54, 1.807) is 16.4 Å². The molecule has 4 aromatic rings. The Morgan fingerprint density at radius 1 is 0.778 bits per heavy atom. The smallest absolute Gasteiger partial charge is 0.243 e. The topological polar surface area (TPSA) is 75.4 Å². The number of aryl methyl sites for hydroxylation is 1. The van der Waals surface area contributed by atoms with E-state index in [1.807, 2.05) is 43.3 Å². The Labute approximate surface area is 215 Å². The monoisotopic (exact) mass is 503 g/mol. The van der Waals surface area contributed by atoms with Crippen molar-refractivity contribution in [3.05, 3.63) is 90.0 Å². The SMILES string of the molecule is Cc1ccc(S(=O)(=O)N(CCCCNCCCCN)Cc2c3ccccc3cc3ccccc23)cc1. The zero-order chi connectivity index (χ0) is 25.4. The van der Waals surface area contributed by atoms with E-state index in [2.05, 4.69) is 35.6 Å². The summed E-state index contributed by atoms with van der Waals surface area (Å²) in [5, 5.41) is 7.89. The molecule has 3 N–H and O–H groups in total. The van der Waals surface area contributed by atoms with Crippen LogP contribution in [0.5, 0.6) is 0 Å². The van der Waals surface area contributed by atoms with Gasteiger partial charge in [0, 0.05) is 13.1 Å². The molecule has 0 fully saturated rings. The Kier molecular flexibility index (Phi) is 9.10. The Bertz CT molecular complexity index is 1330. The Hall–Kier alpha value is -2.77. The highest BCUT2D eigenvalue weighted by Crippen LogP contribution is 2.31. The molecular formula is C30H37N3O2S. The quantitative estimate of drug-likeness (QED) is 0.184. The highest BCUT2D eigenvalue weighted by Gasteiger charge is 2.25. The van der Waals surface area contributed by atoms with Gasteiger partial charge in [-0.25, -0.2) is 8.42 Å². The average molecular weight is 504 g/mol. The summed E-state index contributed by atoms with van der Waals surface area (Å²) in [7, 11) is -3.66. The van der Waals surface area contributed by atoms with Gasteiger partial charge < -0.3 is 11.1 Å². The molecule has 0 aromatic heterocycles. The van der Waals surface area contributed by atoms with E-state index in [0.29, 0.717) is 18.0 Å². The molecule has 0 saturated heterocycles. The van der Waals surface area contributed by atoms with Crippen molar-refractivity contribution in [1.82, 2.24) is 9.62 Å². The normalized spacial score (nSPS) is 12.1. The summed E-state index contributed by atoms with van der Waals surface area (Å²) in [5.41, 5.74) is 7.66. The number of benzene rings is 4. The second-order valence-corrected chi connectivity index (χ2v) is 11.3. The highest BCUT2D eigenvalue weighted by molar-refractivity contribution is 7.89. The summed E-state index contributed by atoms with van der Waals surface area (Å²) in [6, 6.07) is 25.8. The first-order valence-electron chi connectivity index (χ1n) is 12.9. The van der Waals surface area contributed by atoms with Crippen LogP contribution in [0.3, 0.4) is 0 Å². The molecule has 0 saturated carbocycles. The molecular weight excluding hydrogens is 466 g/mol. The molecule has 0 atom stereocenters. The van der Waals surface area contributed by atoms with E-state index in [0.717, 1.165) is 78.0 Å². The van der Waals surface area contributed by atoms with Gasteiger partial charge in [-0.2, -0.15) is 4.31 Å². The third-order valence-corrected chi connectivity index (χ3v) is 8.55. The lowest BCUT2D eigenvalue weighted by molar-refractivity contribution is 0.395. The molecule has 190 valence electrons. The zero-order valence-electron chi connectivity index (χ0n) is 21.1. The first-order chi connectivity index (χ1) is 17.5. The molecule has 4 rings (SSSR count). The van der Waals surface area contributed by atoms with Gasteiger partial charge in [0.2, 0.25) is 10.0 Å². The summed E-state index contributed by atoms with van der Waals surface area (Å²) in [4.78, 5) is 0.345. The fourth-order valence-electron chi connectivity index (χ4n) is 4.66. The van der Waals surface area contributed by atoms with Crippen LogP contribution < -0.4 is 11.1 Å². The van der Waals surface area contributed by atoms with E-state index in [1.165, 1.54) is 0 Å². The van der Waals surface area contributed by atoms with Gasteiger partial charge in [-0.05, 0) is 97.5 Å². The molecule has 0 aliphatic carbocycles. The fourth-order valence-corrected chi connectivity index (χ4v) is 6.10. The van der Waals surface area contributed by atoms with Gasteiger partial charge in [-0.3, -0.25) is 0 Å². The van der Waals surface area contributed by atoms with Crippen molar-refractivity contribution in [2.75, 3.05) is 26.2 Å². The van der Waals surface area contributed by atoms with Crippen molar-refractivity contribution in [3.8, 4) is 0 Å². The van der Waals surface area contributed by atoms with Crippen LogP contribution in [0, 0.1) is 6.92 Å². The van der Waals surface area contributed by atoms with Crippen molar-refractivity contribution >= 4 is 31.6 Å². The van der Waals surface area contributed by atoms with Crippen molar-refractivity contribution in [1.29, 1.82) is 0 Å². The van der Waals surface area contributed by atoms with Crippen LogP contribution in [0.15, 0.2) is 83.8 Å². The van der Waals surface area contributed by atoms with Gasteiger partial charge in [-0.1, -0.05) is 66.2 Å². The molecule has 5 nitrogen and oxygen atoms in total. The van der Waals surface area contributed by atoms with E-state index in [-0.39, 0.29) is 0 Å². The van der Waals surface area contributed by atoms with Crippen molar-refractivity contribution < 1.29 is 8.42 Å². The number of nitrogens with one attached hydrogen (secondary N) is 1. The third kappa shape index (κ3) is 6.31. The lowest BCUT2D eigenvalue weighted by atomic mass is 9.97. The van der Waals surface area contributed by atoms with Gasteiger partial charge in [0.05, 0.1) is 4.90 Å². The number of unbranched alkanes of at least 4 members (excludes halogenated alkanes) is 2. The molecule has 0 bridgehead atoms. The van der Waals surface area contributed by atoms with Crippen molar-refractivity contribution in [3.63, 3.8) is 0 Å². The van der Waals surface area contributed by atoms with Crippen LogP contribution in [0.25, 0.3) is 21.5 Å². The van der Waals surface area contributed by atoms with Gasteiger partial charge in [-0.15, -0.1) is 0 Å². The number of nitrogens with zero attached hydrogens (tertiary/aromatic N) is 1. The first-order valence-corrected chi connectivity index (χ1v) is 14.3. The molecule has 4 aromatic carbocycles. The maximum atomic E-state index is 13.9. The van der Waals surface area contributed by atoms with Crippen molar-refractivity contribution in [2.24, 2.45) is 5.73 Å². The molecule has 6 heteroatoms. The Morgan fingerprint density at radius 2 is 1.36 bits per heavy atom. The molecule has 36 heavy (non-hydrogen) atoms. The summed E-state index contributed by atoms with van der Waals surface area (Å²) in [6.07, 6.45) is 3.80. The number of nitrogens with two attached hydrogens (primary N) is 1. The summed E-state index contributed by atoms with van der Waals surface area (Å²) in [5.74, 6) is 0. The van der Waals surface area contributed by atoms with Gasteiger partial charge >= 0.3 is 0 Å². The maximum absolute atomic E-state index is 13.9. The van der Waals surface area contributed by atoms with Crippen LogP contribution in [-0.4, -0.2) is 38.9 Å². The Balaban J connectivity index is 1.62. The summed E-state index contributed by atoms with van der Waals surface area (Å²) < 4.78 is 29.4. The minimum Gasteiger partial charge on any atom is -0.330 e. The second-order valence-electron chi connectivity index (χ2n) is 9.40. The summed E-state index contributed by atoms with van der Waals surface area (Å²) in [6.45, 7) is 5.32. The zero-order valence-corrected chi connectivity index (χ0v) is 21.9. The minimum absolute atomic E-state index is 0.335. The fraction of sp³-hybridized carbons (Fsp3) is 0.333. The van der Waals surface area contributed by atoms with Crippen LogP contribution >= 0.6 is 0 Å². The predicted octanol–water partition coefficient (Wildman–Crippen LogP) is 5.60. The first kappa shape index (κ1) is 26.3. The highest BCUT2D eigenvalue weighted by atomic mass is 32.2. The van der Waals surface area contributed by atoms with Crippen LogP contribution in [0.1, 0.15) is 36.8 Å². The Morgan fingerprint density at radius 3 is 1.97 bits per heavy atom. The standard InChI is InChI=1S/C30H37N3O2S/c1-24-14-16-27(17-15-24)36(34,35)33(21-9-8-20-32-19-7-6-18-31)23-30-28-12-4-2-10-25(28)22-26-11-3-5-13-29(26)30/h2-5,10-17,22,32H,6-9,18-21,23,31H2,1H3. The minimum atomic E-state index is -3.66. The molecule has 0 amide bonds. The van der Waals surface area contributed by atoms with Crippen LogP contribution in [0.2, 0.25) is 0 Å². The average Bonchev–Trinajstić information content (AvgIpc) is 2.89. The molecule has 0 aliphatic heterocycles. The third-order valence-electron chi connectivity index (χ3n) is 6.69. The van der Waals surface area contributed by atoms with Gasteiger partial charge in [0.1, 0.15) is 0 Å².